The molecule has 2 aromatic rings. The van der Waals surface area contributed by atoms with Gasteiger partial charge in [-0.1, -0.05) is 30.3 Å². The summed E-state index contributed by atoms with van der Waals surface area (Å²) in [5.41, 5.74) is 0.204. The van der Waals surface area contributed by atoms with Gasteiger partial charge in [0.15, 0.2) is 5.96 Å². The van der Waals surface area contributed by atoms with Gasteiger partial charge in [-0.15, -0.1) is 24.0 Å². The summed E-state index contributed by atoms with van der Waals surface area (Å²) < 4.78 is 43.8. The van der Waals surface area contributed by atoms with Crippen LogP contribution >= 0.6 is 24.0 Å². The lowest BCUT2D eigenvalue weighted by Gasteiger charge is -2.18. The molecule has 0 aliphatic carbocycles. The molecule has 2 N–H and O–H groups in total. The van der Waals surface area contributed by atoms with E-state index in [-0.39, 0.29) is 43.2 Å². The van der Waals surface area contributed by atoms with E-state index in [2.05, 4.69) is 20.6 Å². The molecule has 0 saturated carbocycles. The predicted octanol–water partition coefficient (Wildman–Crippen LogP) is 4.02. The normalized spacial score (nSPS) is 12.7. The molecule has 0 aliphatic rings. The zero-order valence-corrected chi connectivity index (χ0v) is 17.3. The fourth-order valence-electron chi connectivity index (χ4n) is 2.26. The Hall–Kier alpha value is -2.04. The number of aromatic nitrogens is 1. The van der Waals surface area contributed by atoms with E-state index in [0.717, 1.165) is 11.6 Å². The molecule has 0 spiro atoms. The molecule has 0 amide bonds. The fraction of sp³-hybridized carbons (Fsp3) is 0.333. The van der Waals surface area contributed by atoms with Gasteiger partial charge in [0.1, 0.15) is 12.2 Å². The number of halogens is 4. The van der Waals surface area contributed by atoms with Gasteiger partial charge in [0.2, 0.25) is 5.88 Å². The largest absolute Gasteiger partial charge is 0.475 e. The summed E-state index contributed by atoms with van der Waals surface area (Å²) in [6.07, 6.45) is -3.24. The molecule has 148 valence electrons. The topological polar surface area (TPSA) is 58.5 Å². The summed E-state index contributed by atoms with van der Waals surface area (Å²) in [5.74, 6) is 0.101. The van der Waals surface area contributed by atoms with Crippen molar-refractivity contribution in [3.8, 4) is 5.88 Å². The first-order chi connectivity index (χ1) is 12.4. The molecule has 1 atom stereocenters. The first kappa shape index (κ1) is 23.0. The minimum Gasteiger partial charge on any atom is -0.475 e. The van der Waals surface area contributed by atoms with Gasteiger partial charge in [-0.25, -0.2) is 4.98 Å². The van der Waals surface area contributed by atoms with Gasteiger partial charge < -0.3 is 15.4 Å². The van der Waals surface area contributed by atoms with Crippen LogP contribution in [0.2, 0.25) is 0 Å². The maximum absolute atomic E-state index is 12.9. The van der Waals surface area contributed by atoms with Crippen molar-refractivity contribution in [3.63, 3.8) is 0 Å². The van der Waals surface area contributed by atoms with E-state index in [4.69, 9.17) is 4.74 Å². The Balaban J connectivity index is 0.00000364. The molecule has 5 nitrogen and oxygen atoms in total. The van der Waals surface area contributed by atoms with Crippen LogP contribution in [0.25, 0.3) is 0 Å². The van der Waals surface area contributed by atoms with Gasteiger partial charge in [-0.3, -0.25) is 4.99 Å². The Labute approximate surface area is 173 Å². The summed E-state index contributed by atoms with van der Waals surface area (Å²) in [7, 11) is 1.62. The minimum absolute atomic E-state index is 0. The monoisotopic (exact) mass is 494 g/mol. The predicted molar refractivity (Wildman–Crippen MR) is 110 cm³/mol. The van der Waals surface area contributed by atoms with Gasteiger partial charge in [0.25, 0.3) is 0 Å². The van der Waals surface area contributed by atoms with Crippen LogP contribution in [0.15, 0.2) is 53.7 Å². The van der Waals surface area contributed by atoms with Crippen LogP contribution in [0, 0.1) is 0 Å². The zero-order valence-electron chi connectivity index (χ0n) is 15.0. The molecule has 27 heavy (non-hydrogen) atoms. The Bertz CT molecular complexity index is 726. The van der Waals surface area contributed by atoms with Gasteiger partial charge in [0.05, 0.1) is 12.6 Å². The average Bonchev–Trinajstić information content (AvgIpc) is 2.64. The lowest BCUT2D eigenvalue weighted by molar-refractivity contribution is -0.139. The quantitative estimate of drug-likeness (QED) is 0.276. The number of guanidine groups is 1. The van der Waals surface area contributed by atoms with E-state index in [1.807, 2.05) is 37.3 Å². The number of nitrogens with zero attached hydrogens (tertiary/aromatic N) is 2. The molecular formula is C18H22F3IN4O. The SMILES string of the molecule is CN=C(NCCOc1ncccc1C(F)(F)F)NC(C)c1ccccc1.I. The number of hydrogen-bond acceptors (Lipinski definition) is 3. The van der Waals surface area contributed by atoms with Crippen molar-refractivity contribution in [2.45, 2.75) is 19.1 Å². The maximum atomic E-state index is 12.9. The van der Waals surface area contributed by atoms with Crippen LogP contribution in [0.1, 0.15) is 24.1 Å². The number of pyridine rings is 1. The smallest absolute Gasteiger partial charge is 0.421 e. The highest BCUT2D eigenvalue weighted by Gasteiger charge is 2.34. The van der Waals surface area contributed by atoms with E-state index >= 15 is 0 Å². The van der Waals surface area contributed by atoms with Crippen molar-refractivity contribution in [1.29, 1.82) is 0 Å². The molecule has 0 bridgehead atoms. The number of nitrogens with one attached hydrogen (secondary N) is 2. The van der Waals surface area contributed by atoms with E-state index in [1.54, 1.807) is 7.05 Å². The highest BCUT2D eigenvalue weighted by atomic mass is 127. The molecule has 0 saturated heterocycles. The maximum Gasteiger partial charge on any atom is 0.421 e. The van der Waals surface area contributed by atoms with Crippen molar-refractivity contribution in [3.05, 3.63) is 59.8 Å². The Kier molecular flexibility index (Phi) is 9.33. The number of alkyl halides is 3. The lowest BCUT2D eigenvalue weighted by atomic mass is 10.1. The van der Waals surface area contributed by atoms with Gasteiger partial charge in [0, 0.05) is 13.2 Å². The van der Waals surface area contributed by atoms with Crippen LogP contribution in [0.3, 0.4) is 0 Å². The Morgan fingerprint density at radius 2 is 1.89 bits per heavy atom. The molecule has 1 unspecified atom stereocenters. The summed E-state index contributed by atoms with van der Waals surface area (Å²) in [6, 6.07) is 12.0. The van der Waals surface area contributed by atoms with Crippen molar-refractivity contribution >= 4 is 29.9 Å². The highest BCUT2D eigenvalue weighted by molar-refractivity contribution is 14.0. The summed E-state index contributed by atoms with van der Waals surface area (Å²) in [5, 5.41) is 6.21. The summed E-state index contributed by atoms with van der Waals surface area (Å²) in [6.45, 7) is 2.28. The molecule has 0 fully saturated rings. The van der Waals surface area contributed by atoms with Crippen LogP contribution in [-0.4, -0.2) is 31.1 Å². The molecule has 1 aromatic carbocycles. The van der Waals surface area contributed by atoms with Crippen LogP contribution in [0.4, 0.5) is 13.2 Å². The summed E-state index contributed by atoms with van der Waals surface area (Å²) in [4.78, 5) is 7.75. The second kappa shape index (κ2) is 11.0. The third-order valence-electron chi connectivity index (χ3n) is 3.59. The Morgan fingerprint density at radius 3 is 2.52 bits per heavy atom. The molecule has 0 aliphatic heterocycles. The van der Waals surface area contributed by atoms with Crippen molar-refractivity contribution in [2.24, 2.45) is 4.99 Å². The van der Waals surface area contributed by atoms with E-state index in [1.165, 1.54) is 12.3 Å². The number of aliphatic imine (C=N–C) groups is 1. The molecule has 0 radical (unpaired) electrons. The van der Waals surface area contributed by atoms with Crippen LogP contribution in [-0.2, 0) is 6.18 Å². The van der Waals surface area contributed by atoms with Crippen LogP contribution in [0.5, 0.6) is 5.88 Å². The van der Waals surface area contributed by atoms with E-state index in [0.29, 0.717) is 5.96 Å². The van der Waals surface area contributed by atoms with Gasteiger partial charge in [-0.2, -0.15) is 13.2 Å². The Morgan fingerprint density at radius 1 is 1.19 bits per heavy atom. The molecule has 1 heterocycles. The standard InChI is InChI=1S/C18H21F3N4O.HI/c1-13(14-7-4-3-5-8-14)25-17(22-2)24-11-12-26-16-15(18(19,20)21)9-6-10-23-16;/h3-10,13H,11-12H2,1-2H3,(H2,22,24,25);1H. The number of ether oxygens (including phenoxy) is 1. The third-order valence-corrected chi connectivity index (χ3v) is 3.59. The van der Waals surface area contributed by atoms with E-state index < -0.39 is 17.6 Å². The molecule has 9 heteroatoms. The van der Waals surface area contributed by atoms with Gasteiger partial charge >= 0.3 is 6.18 Å². The number of benzene rings is 1. The van der Waals surface area contributed by atoms with E-state index in [9.17, 15) is 13.2 Å². The first-order valence-electron chi connectivity index (χ1n) is 8.09. The van der Waals surface area contributed by atoms with Crippen molar-refractivity contribution < 1.29 is 17.9 Å². The molecular weight excluding hydrogens is 472 g/mol. The van der Waals surface area contributed by atoms with Crippen molar-refractivity contribution in [2.75, 3.05) is 20.2 Å². The zero-order chi connectivity index (χ0) is 19.0. The number of rotatable bonds is 6. The molecule has 1 aromatic heterocycles. The van der Waals surface area contributed by atoms with Crippen molar-refractivity contribution in [1.82, 2.24) is 15.6 Å². The van der Waals surface area contributed by atoms with Gasteiger partial charge in [-0.05, 0) is 24.6 Å². The average molecular weight is 494 g/mol. The van der Waals surface area contributed by atoms with Crippen LogP contribution < -0.4 is 15.4 Å². The second-order valence-corrected chi connectivity index (χ2v) is 5.48. The minimum atomic E-state index is -4.50. The highest BCUT2D eigenvalue weighted by Crippen LogP contribution is 2.34. The fourth-order valence-corrected chi connectivity index (χ4v) is 2.26. The number of hydrogen-bond donors (Lipinski definition) is 2. The molecule has 2 rings (SSSR count). The first-order valence-corrected chi connectivity index (χ1v) is 8.09. The second-order valence-electron chi connectivity index (χ2n) is 5.48. The third kappa shape index (κ3) is 7.24. The lowest BCUT2D eigenvalue weighted by Crippen LogP contribution is -2.40. The summed E-state index contributed by atoms with van der Waals surface area (Å²) >= 11 is 0.